The van der Waals surface area contributed by atoms with Crippen molar-refractivity contribution in [3.05, 3.63) is 102 Å². The zero-order valence-corrected chi connectivity index (χ0v) is 24.4. The first-order valence-electron chi connectivity index (χ1n) is 13.4. The van der Waals surface area contributed by atoms with E-state index in [9.17, 15) is 29.7 Å². The van der Waals surface area contributed by atoms with Crippen molar-refractivity contribution in [1.82, 2.24) is 10.6 Å². The minimum absolute atomic E-state index is 0.0599. The van der Waals surface area contributed by atoms with Crippen LogP contribution in [0.1, 0.15) is 29.8 Å². The third-order valence-electron chi connectivity index (χ3n) is 6.96. The van der Waals surface area contributed by atoms with Crippen molar-refractivity contribution in [1.29, 1.82) is 0 Å². The number of benzene rings is 4. The average molecular weight is 585 g/mol. The summed E-state index contributed by atoms with van der Waals surface area (Å²) in [6, 6.07) is 24.5. The summed E-state index contributed by atoms with van der Waals surface area (Å²) in [4.78, 5) is 38.6. The van der Waals surface area contributed by atoms with Gasteiger partial charge in [0, 0.05) is 11.7 Å². The van der Waals surface area contributed by atoms with Crippen LogP contribution in [0.5, 0.6) is 11.5 Å². The Balaban J connectivity index is 1.62. The van der Waals surface area contributed by atoms with Gasteiger partial charge in [0.2, 0.25) is 5.91 Å². The van der Waals surface area contributed by atoms with Crippen LogP contribution in [0, 0.1) is 5.92 Å². The van der Waals surface area contributed by atoms with Crippen LogP contribution in [0.4, 0.5) is 0 Å². The van der Waals surface area contributed by atoms with E-state index in [1.165, 1.54) is 12.1 Å². The maximum atomic E-state index is 13.4. The molecule has 3 atom stereocenters. The third kappa shape index (κ3) is 7.33. The molecule has 0 aliphatic heterocycles. The van der Waals surface area contributed by atoms with Gasteiger partial charge in [-0.1, -0.05) is 86.6 Å². The van der Waals surface area contributed by atoms with Gasteiger partial charge in [0.15, 0.2) is 0 Å². The summed E-state index contributed by atoms with van der Waals surface area (Å²) in [5, 5.41) is 36.1. The highest BCUT2D eigenvalue weighted by molar-refractivity contribution is 7.27. The number of aliphatic carboxylic acids is 1. The molecule has 0 spiro atoms. The Morgan fingerprint density at radius 3 is 1.95 bits per heavy atom. The molecule has 4 aromatic rings. The van der Waals surface area contributed by atoms with Crippen molar-refractivity contribution in [2.75, 3.05) is 0 Å². The summed E-state index contributed by atoms with van der Waals surface area (Å²) in [6.45, 7) is 3.36. The number of hydrogen-bond acceptors (Lipinski definition) is 5. The Labute approximate surface area is 246 Å². The van der Waals surface area contributed by atoms with Crippen LogP contribution in [-0.2, 0) is 16.0 Å². The highest BCUT2D eigenvalue weighted by Crippen LogP contribution is 2.28. The molecule has 0 aliphatic rings. The van der Waals surface area contributed by atoms with Gasteiger partial charge in [0.25, 0.3) is 5.91 Å². The maximum absolute atomic E-state index is 13.4. The molecule has 8 nitrogen and oxygen atoms in total. The van der Waals surface area contributed by atoms with Gasteiger partial charge in [-0.15, -0.1) is 9.24 Å². The molecule has 0 saturated heterocycles. The fraction of sp³-hybridized carbons (Fsp3) is 0.182. The van der Waals surface area contributed by atoms with Crippen LogP contribution >= 0.6 is 9.24 Å². The van der Waals surface area contributed by atoms with E-state index in [2.05, 4.69) is 19.9 Å². The molecular weight excluding hydrogens is 551 g/mol. The van der Waals surface area contributed by atoms with Gasteiger partial charge in [-0.2, -0.15) is 0 Å². The summed E-state index contributed by atoms with van der Waals surface area (Å²) in [6.07, 6.45) is 0.0844. The van der Waals surface area contributed by atoms with Gasteiger partial charge >= 0.3 is 5.97 Å². The van der Waals surface area contributed by atoms with Crippen LogP contribution in [0.3, 0.4) is 0 Å². The predicted molar refractivity (Wildman–Crippen MR) is 166 cm³/mol. The second-order valence-corrected chi connectivity index (χ2v) is 11.0. The summed E-state index contributed by atoms with van der Waals surface area (Å²) in [7, 11) is 2.42. The van der Waals surface area contributed by atoms with E-state index < -0.39 is 35.8 Å². The molecule has 0 saturated carbocycles. The molecule has 0 aromatic heterocycles. The number of carboxylic acids is 1. The first-order valence-corrected chi connectivity index (χ1v) is 14.0. The Morgan fingerprint density at radius 1 is 0.738 bits per heavy atom. The quantitative estimate of drug-likeness (QED) is 0.174. The van der Waals surface area contributed by atoms with Crippen molar-refractivity contribution in [2.24, 2.45) is 5.92 Å². The number of amides is 2. The number of nitrogens with one attached hydrogen (secondary N) is 2. The van der Waals surface area contributed by atoms with Crippen molar-refractivity contribution in [3.8, 4) is 33.8 Å². The monoisotopic (exact) mass is 584 g/mol. The normalized spacial score (nSPS) is 12.4. The minimum Gasteiger partial charge on any atom is -0.507 e. The number of rotatable bonds is 10. The fourth-order valence-electron chi connectivity index (χ4n) is 4.53. The lowest BCUT2D eigenvalue weighted by Gasteiger charge is -2.23. The molecule has 216 valence electrons. The van der Waals surface area contributed by atoms with E-state index in [-0.39, 0.29) is 23.5 Å². The summed E-state index contributed by atoms with van der Waals surface area (Å²) < 4.78 is 0. The Morgan fingerprint density at radius 2 is 1.33 bits per heavy atom. The molecule has 9 heteroatoms. The molecule has 42 heavy (non-hydrogen) atoms. The number of carbonyl (C=O) groups excluding carboxylic acids is 2. The number of carboxylic acid groups (broad SMARTS) is 1. The van der Waals surface area contributed by atoms with E-state index in [1.807, 2.05) is 54.6 Å². The van der Waals surface area contributed by atoms with Crippen LogP contribution in [0.2, 0.25) is 0 Å². The smallest absolute Gasteiger partial charge is 0.326 e. The van der Waals surface area contributed by atoms with Gasteiger partial charge in [0.05, 0.1) is 5.56 Å². The zero-order chi connectivity index (χ0) is 30.4. The van der Waals surface area contributed by atoms with Gasteiger partial charge in [0.1, 0.15) is 23.6 Å². The number of phenolic OH excluding ortho intramolecular Hbond substituents is 2. The number of aromatic hydroxyl groups is 2. The molecule has 2 amide bonds. The molecule has 0 fully saturated rings. The van der Waals surface area contributed by atoms with E-state index in [1.54, 1.807) is 38.1 Å². The average Bonchev–Trinajstić information content (AvgIpc) is 2.97. The Kier molecular flexibility index (Phi) is 9.60. The molecule has 0 bridgehead atoms. The first kappa shape index (κ1) is 30.3. The van der Waals surface area contributed by atoms with E-state index in [0.717, 1.165) is 16.7 Å². The molecule has 4 rings (SSSR count). The fourth-order valence-corrected chi connectivity index (χ4v) is 4.71. The molecule has 2 unspecified atom stereocenters. The molecule has 4 aromatic carbocycles. The maximum Gasteiger partial charge on any atom is 0.326 e. The number of hydrogen-bond donors (Lipinski definition) is 5. The highest BCUT2D eigenvalue weighted by Gasteiger charge is 2.29. The van der Waals surface area contributed by atoms with Crippen molar-refractivity contribution < 1.29 is 29.7 Å². The minimum atomic E-state index is -1.18. The standard InChI is InChI=1S/C33H33N2O6P/c1-19(2)30(33(40)41)35-32(39)26(16-20-8-10-22(11-9-20)21-6-4-3-5-7-21)34-31(38)25-17-23(12-14-27(25)36)24-13-15-29(42)28(37)18-24/h3-15,17-19,26,30,36-37H,16,42H2,1-2H3,(H,34,38)(H,35,39)(H,40,41)/t26-,30?/m0/s1. The summed E-state index contributed by atoms with van der Waals surface area (Å²) in [5.41, 5.74) is 3.89. The van der Waals surface area contributed by atoms with E-state index in [4.69, 9.17) is 0 Å². The molecule has 0 radical (unpaired) electrons. The third-order valence-corrected chi connectivity index (χ3v) is 7.45. The van der Waals surface area contributed by atoms with Crippen LogP contribution in [0.25, 0.3) is 22.3 Å². The number of carbonyl (C=O) groups is 3. The largest absolute Gasteiger partial charge is 0.507 e. The topological polar surface area (TPSA) is 136 Å². The molecular formula is C33H33N2O6P. The molecule has 5 N–H and O–H groups in total. The van der Waals surface area contributed by atoms with Crippen molar-refractivity contribution in [3.63, 3.8) is 0 Å². The summed E-state index contributed by atoms with van der Waals surface area (Å²) in [5.74, 6) is -3.17. The SMILES string of the molecule is CC(C)C(NC(=O)[C@H](Cc1ccc(-c2ccccc2)cc1)NC(=O)c1cc(-c2ccc(P)c(O)c2)ccc1O)C(=O)O. The first-order chi connectivity index (χ1) is 20.0. The van der Waals surface area contributed by atoms with E-state index in [0.29, 0.717) is 16.4 Å². The van der Waals surface area contributed by atoms with Gasteiger partial charge in [-0.05, 0) is 51.9 Å². The second-order valence-electron chi connectivity index (χ2n) is 10.4. The van der Waals surface area contributed by atoms with Gasteiger partial charge < -0.3 is 26.0 Å². The molecule has 0 aliphatic carbocycles. The Hall–Kier alpha value is -4.68. The van der Waals surface area contributed by atoms with Gasteiger partial charge in [-0.25, -0.2) is 4.79 Å². The van der Waals surface area contributed by atoms with Crippen molar-refractivity contribution in [2.45, 2.75) is 32.4 Å². The lowest BCUT2D eigenvalue weighted by molar-refractivity contribution is -0.143. The van der Waals surface area contributed by atoms with Crippen molar-refractivity contribution >= 4 is 32.3 Å². The van der Waals surface area contributed by atoms with Gasteiger partial charge in [-0.3, -0.25) is 9.59 Å². The van der Waals surface area contributed by atoms with E-state index >= 15 is 0 Å². The molecule has 0 heterocycles. The lowest BCUT2D eigenvalue weighted by Crippen LogP contribution is -2.53. The van der Waals surface area contributed by atoms with Crippen LogP contribution < -0.4 is 15.9 Å². The second kappa shape index (κ2) is 13.3. The Bertz CT molecular complexity index is 1590. The van der Waals surface area contributed by atoms with Crippen LogP contribution in [-0.4, -0.2) is 45.2 Å². The highest BCUT2D eigenvalue weighted by atomic mass is 31.0. The zero-order valence-electron chi connectivity index (χ0n) is 23.2. The lowest BCUT2D eigenvalue weighted by atomic mass is 9.98. The predicted octanol–water partition coefficient (Wildman–Crippen LogP) is 4.50. The number of phenols is 2. The van der Waals surface area contributed by atoms with Crippen LogP contribution in [0.15, 0.2) is 91.0 Å². The summed E-state index contributed by atoms with van der Waals surface area (Å²) >= 11 is 0.